The van der Waals surface area contributed by atoms with Crippen molar-refractivity contribution in [2.75, 3.05) is 25.5 Å². The van der Waals surface area contributed by atoms with Crippen molar-refractivity contribution in [3.05, 3.63) is 34.4 Å². The Labute approximate surface area is 111 Å². The van der Waals surface area contributed by atoms with Crippen LogP contribution in [0.15, 0.2) is 24.3 Å². The highest BCUT2D eigenvalue weighted by Gasteiger charge is 2.10. The molecule has 7 heteroatoms. The van der Waals surface area contributed by atoms with Gasteiger partial charge in [-0.2, -0.15) is 0 Å². The van der Waals surface area contributed by atoms with Crippen LogP contribution in [0.5, 0.6) is 0 Å². The van der Waals surface area contributed by atoms with E-state index in [0.717, 1.165) is 0 Å². The lowest BCUT2D eigenvalue weighted by molar-refractivity contribution is -0.384. The van der Waals surface area contributed by atoms with E-state index in [2.05, 4.69) is 5.32 Å². The van der Waals surface area contributed by atoms with Gasteiger partial charge in [-0.25, -0.2) is 0 Å². The van der Waals surface area contributed by atoms with Gasteiger partial charge in [0.15, 0.2) is 0 Å². The van der Waals surface area contributed by atoms with E-state index < -0.39 is 11.0 Å². The summed E-state index contributed by atoms with van der Waals surface area (Å²) in [5, 5.41) is 22.3. The van der Waals surface area contributed by atoms with Crippen LogP contribution in [-0.2, 0) is 4.79 Å². The number of carbonyl (C=O) groups excluding carboxylic acids is 1. The topological polar surface area (TPSA) is 95.7 Å². The Morgan fingerprint density at radius 3 is 2.53 bits per heavy atom. The standard InChI is InChI=1S/C12H17N3O4/c1-9(16)7-14(2)8-12(17)13-10-3-5-11(6-4-10)15(18)19/h3-6,9,16H,7-8H2,1-2H3,(H,13,17). The zero-order valence-electron chi connectivity index (χ0n) is 10.9. The normalized spacial score (nSPS) is 12.2. The monoisotopic (exact) mass is 267 g/mol. The van der Waals surface area contributed by atoms with Crippen molar-refractivity contribution >= 4 is 17.3 Å². The molecule has 0 saturated heterocycles. The predicted molar refractivity (Wildman–Crippen MR) is 70.9 cm³/mol. The Balaban J connectivity index is 2.50. The first-order valence-corrected chi connectivity index (χ1v) is 5.79. The lowest BCUT2D eigenvalue weighted by Gasteiger charge is -2.17. The number of carbonyl (C=O) groups is 1. The van der Waals surface area contributed by atoms with Gasteiger partial charge in [0.2, 0.25) is 5.91 Å². The van der Waals surface area contributed by atoms with E-state index in [4.69, 9.17) is 0 Å². The maximum Gasteiger partial charge on any atom is 0.269 e. The van der Waals surface area contributed by atoms with Crippen LogP contribution in [0.4, 0.5) is 11.4 Å². The Kier molecular flexibility index (Phi) is 5.40. The average Bonchev–Trinajstić information content (AvgIpc) is 2.27. The molecule has 0 saturated carbocycles. The minimum absolute atomic E-state index is 0.0239. The fourth-order valence-corrected chi connectivity index (χ4v) is 1.63. The molecule has 1 rings (SSSR count). The number of nitro groups is 1. The molecule has 0 heterocycles. The van der Waals surface area contributed by atoms with Crippen LogP contribution >= 0.6 is 0 Å². The molecule has 1 aromatic carbocycles. The molecule has 0 fully saturated rings. The summed E-state index contributed by atoms with van der Waals surface area (Å²) < 4.78 is 0. The number of hydrogen-bond acceptors (Lipinski definition) is 5. The molecule has 1 amide bonds. The molecule has 104 valence electrons. The van der Waals surface area contributed by atoms with Gasteiger partial charge < -0.3 is 10.4 Å². The number of anilines is 1. The third kappa shape index (κ3) is 5.45. The maximum absolute atomic E-state index is 11.7. The fourth-order valence-electron chi connectivity index (χ4n) is 1.63. The van der Waals surface area contributed by atoms with Crippen molar-refractivity contribution in [3.8, 4) is 0 Å². The molecular weight excluding hydrogens is 250 g/mol. The van der Waals surface area contributed by atoms with Gasteiger partial charge in [-0.15, -0.1) is 0 Å². The highest BCUT2D eigenvalue weighted by molar-refractivity contribution is 5.92. The smallest absolute Gasteiger partial charge is 0.269 e. The van der Waals surface area contributed by atoms with Crippen molar-refractivity contribution in [1.82, 2.24) is 4.90 Å². The Morgan fingerprint density at radius 1 is 1.47 bits per heavy atom. The number of aliphatic hydroxyl groups excluding tert-OH is 1. The maximum atomic E-state index is 11.7. The lowest BCUT2D eigenvalue weighted by atomic mass is 10.3. The van der Waals surface area contributed by atoms with Gasteiger partial charge in [0.25, 0.3) is 5.69 Å². The van der Waals surface area contributed by atoms with Gasteiger partial charge in [0.1, 0.15) is 0 Å². The lowest BCUT2D eigenvalue weighted by Crippen LogP contribution is -2.34. The third-order valence-electron chi connectivity index (χ3n) is 2.35. The number of hydrogen-bond donors (Lipinski definition) is 2. The summed E-state index contributed by atoms with van der Waals surface area (Å²) in [6.45, 7) is 2.18. The number of nitrogens with one attached hydrogen (secondary N) is 1. The minimum Gasteiger partial charge on any atom is -0.392 e. The predicted octanol–water partition coefficient (Wildman–Crippen LogP) is 0.846. The molecule has 0 bridgehead atoms. The molecule has 19 heavy (non-hydrogen) atoms. The quantitative estimate of drug-likeness (QED) is 0.588. The number of likely N-dealkylation sites (N-methyl/N-ethyl adjacent to an activating group) is 1. The number of nitrogens with zero attached hydrogens (tertiary/aromatic N) is 2. The molecule has 0 radical (unpaired) electrons. The van der Waals surface area contributed by atoms with E-state index in [1.807, 2.05) is 0 Å². The molecule has 0 spiro atoms. The van der Waals surface area contributed by atoms with E-state index in [1.165, 1.54) is 24.3 Å². The second-order valence-corrected chi connectivity index (χ2v) is 4.40. The summed E-state index contributed by atoms with van der Waals surface area (Å²) in [6.07, 6.45) is -0.503. The summed E-state index contributed by atoms with van der Waals surface area (Å²) in [6, 6.07) is 5.61. The first-order valence-electron chi connectivity index (χ1n) is 5.79. The van der Waals surface area contributed by atoms with Crippen molar-refractivity contribution in [2.45, 2.75) is 13.0 Å². The van der Waals surface area contributed by atoms with Crippen LogP contribution in [0.25, 0.3) is 0 Å². The van der Waals surface area contributed by atoms with E-state index in [-0.39, 0.29) is 18.1 Å². The van der Waals surface area contributed by atoms with Crippen LogP contribution in [0.2, 0.25) is 0 Å². The minimum atomic E-state index is -0.503. The second-order valence-electron chi connectivity index (χ2n) is 4.40. The zero-order valence-corrected chi connectivity index (χ0v) is 10.9. The molecule has 0 aromatic heterocycles. The van der Waals surface area contributed by atoms with Crippen molar-refractivity contribution < 1.29 is 14.8 Å². The molecule has 1 atom stereocenters. The van der Waals surface area contributed by atoms with Gasteiger partial charge in [0.05, 0.1) is 17.6 Å². The van der Waals surface area contributed by atoms with E-state index in [1.54, 1.807) is 18.9 Å². The van der Waals surface area contributed by atoms with Gasteiger partial charge >= 0.3 is 0 Å². The van der Waals surface area contributed by atoms with Gasteiger partial charge in [-0.3, -0.25) is 19.8 Å². The molecule has 7 nitrogen and oxygen atoms in total. The number of rotatable bonds is 6. The van der Waals surface area contributed by atoms with Gasteiger partial charge in [0, 0.05) is 24.4 Å². The summed E-state index contributed by atoms with van der Waals surface area (Å²) in [5.74, 6) is -0.239. The molecule has 0 aliphatic heterocycles. The van der Waals surface area contributed by atoms with Crippen LogP contribution in [-0.4, -0.2) is 47.1 Å². The summed E-state index contributed by atoms with van der Waals surface area (Å²) in [7, 11) is 1.72. The van der Waals surface area contributed by atoms with Crippen LogP contribution in [0.3, 0.4) is 0 Å². The SMILES string of the molecule is CC(O)CN(C)CC(=O)Nc1ccc([N+](=O)[O-])cc1. The molecule has 1 aromatic rings. The summed E-state index contributed by atoms with van der Waals surface area (Å²) in [4.78, 5) is 23.3. The van der Waals surface area contributed by atoms with Crippen molar-refractivity contribution in [2.24, 2.45) is 0 Å². The summed E-state index contributed by atoms with van der Waals surface area (Å²) >= 11 is 0. The Bertz CT molecular complexity index is 445. The number of amides is 1. The van der Waals surface area contributed by atoms with E-state index >= 15 is 0 Å². The van der Waals surface area contributed by atoms with Crippen molar-refractivity contribution in [1.29, 1.82) is 0 Å². The molecule has 0 aliphatic rings. The first kappa shape index (κ1) is 15.1. The van der Waals surface area contributed by atoms with Gasteiger partial charge in [-0.1, -0.05) is 0 Å². The van der Waals surface area contributed by atoms with Crippen LogP contribution < -0.4 is 5.32 Å². The number of non-ortho nitro benzene ring substituents is 1. The first-order chi connectivity index (χ1) is 8.88. The highest BCUT2D eigenvalue weighted by Crippen LogP contribution is 2.15. The fraction of sp³-hybridized carbons (Fsp3) is 0.417. The zero-order chi connectivity index (χ0) is 14.4. The number of aliphatic hydroxyl groups is 1. The van der Waals surface area contributed by atoms with Crippen LogP contribution in [0, 0.1) is 10.1 Å². The highest BCUT2D eigenvalue weighted by atomic mass is 16.6. The second kappa shape index (κ2) is 6.81. The number of benzene rings is 1. The van der Waals surface area contributed by atoms with Gasteiger partial charge in [-0.05, 0) is 26.1 Å². The largest absolute Gasteiger partial charge is 0.392 e. The van der Waals surface area contributed by atoms with E-state index in [9.17, 15) is 20.0 Å². The molecule has 0 aliphatic carbocycles. The molecule has 1 unspecified atom stereocenters. The Morgan fingerprint density at radius 2 is 2.05 bits per heavy atom. The third-order valence-corrected chi connectivity index (χ3v) is 2.35. The Hall–Kier alpha value is -1.99. The molecule has 2 N–H and O–H groups in total. The average molecular weight is 267 g/mol. The van der Waals surface area contributed by atoms with E-state index in [0.29, 0.717) is 12.2 Å². The summed E-state index contributed by atoms with van der Waals surface area (Å²) in [5.41, 5.74) is 0.477. The van der Waals surface area contributed by atoms with Crippen molar-refractivity contribution in [3.63, 3.8) is 0 Å². The number of nitro benzene ring substituents is 1. The molecular formula is C12H17N3O4. The van der Waals surface area contributed by atoms with Crippen LogP contribution in [0.1, 0.15) is 6.92 Å².